The molecular formula is C18H16FIN2O6. The van der Waals surface area contributed by atoms with Gasteiger partial charge in [-0.25, -0.2) is 4.39 Å². The molecule has 0 aliphatic rings. The molecule has 10 heteroatoms. The average Bonchev–Trinajstić information content (AvgIpc) is 2.66. The van der Waals surface area contributed by atoms with Crippen LogP contribution < -0.4 is 21.0 Å². The van der Waals surface area contributed by atoms with Gasteiger partial charge >= 0.3 is 0 Å². The van der Waals surface area contributed by atoms with Crippen LogP contribution >= 0.6 is 22.6 Å². The van der Waals surface area contributed by atoms with E-state index in [0.29, 0.717) is 3.57 Å². The van der Waals surface area contributed by atoms with Crippen molar-refractivity contribution in [3.63, 3.8) is 0 Å². The predicted octanol–water partition coefficient (Wildman–Crippen LogP) is 1.71. The van der Waals surface area contributed by atoms with Gasteiger partial charge in [0.05, 0.1) is 18.0 Å². The van der Waals surface area contributed by atoms with Crippen LogP contribution in [-0.4, -0.2) is 34.1 Å². The Morgan fingerprint density at radius 1 is 1.32 bits per heavy atom. The highest BCUT2D eigenvalue weighted by molar-refractivity contribution is 14.1. The van der Waals surface area contributed by atoms with Gasteiger partial charge in [0.25, 0.3) is 5.56 Å². The van der Waals surface area contributed by atoms with Crippen molar-refractivity contribution in [2.45, 2.75) is 6.10 Å². The molecule has 0 fully saturated rings. The summed E-state index contributed by atoms with van der Waals surface area (Å²) in [5.41, 5.74) is -0.971. The highest BCUT2D eigenvalue weighted by Gasteiger charge is 2.18. The number of aliphatic hydroxyl groups excluding tert-OH is 2. The number of pyridine rings is 1. The molecule has 0 saturated carbocycles. The van der Waals surface area contributed by atoms with Crippen molar-refractivity contribution in [3.05, 3.63) is 60.5 Å². The SMILES string of the molecule is Cn1c(=O)cc(Nc2ccc(I)cc2F)c2c(=O)c(OCC(O)CO)coc21. The molecule has 3 N–H and O–H groups in total. The second-order valence-corrected chi connectivity index (χ2v) is 7.21. The summed E-state index contributed by atoms with van der Waals surface area (Å²) in [4.78, 5) is 25.1. The number of aromatic nitrogens is 1. The highest BCUT2D eigenvalue weighted by Crippen LogP contribution is 2.26. The molecule has 0 spiro atoms. The fourth-order valence-electron chi connectivity index (χ4n) is 2.49. The number of aliphatic hydroxyl groups is 2. The van der Waals surface area contributed by atoms with Crippen molar-refractivity contribution in [3.8, 4) is 5.75 Å². The van der Waals surface area contributed by atoms with Crippen LogP contribution in [0.1, 0.15) is 0 Å². The normalized spacial score (nSPS) is 12.2. The van der Waals surface area contributed by atoms with Gasteiger partial charge in [-0.2, -0.15) is 0 Å². The van der Waals surface area contributed by atoms with Crippen molar-refractivity contribution >= 4 is 45.1 Å². The van der Waals surface area contributed by atoms with Gasteiger partial charge < -0.3 is 24.7 Å². The fourth-order valence-corrected chi connectivity index (χ4v) is 2.94. The minimum absolute atomic E-state index is 0.0176. The number of fused-ring (bicyclic) bond motifs is 1. The number of halogens is 2. The molecule has 0 bridgehead atoms. The number of anilines is 2. The van der Waals surface area contributed by atoms with Gasteiger partial charge in [0.1, 0.15) is 30.2 Å². The Kier molecular flexibility index (Phi) is 6.01. The first-order chi connectivity index (χ1) is 13.3. The fraction of sp³-hybridized carbons (Fsp3) is 0.222. The Labute approximate surface area is 171 Å². The van der Waals surface area contributed by atoms with Crippen LogP contribution in [0.2, 0.25) is 0 Å². The summed E-state index contributed by atoms with van der Waals surface area (Å²) >= 11 is 1.96. The Morgan fingerprint density at radius 3 is 2.75 bits per heavy atom. The number of aryl methyl sites for hydroxylation is 1. The molecule has 0 aliphatic carbocycles. The maximum Gasteiger partial charge on any atom is 0.255 e. The van der Waals surface area contributed by atoms with Crippen LogP contribution in [0.15, 0.2) is 44.5 Å². The largest absolute Gasteiger partial charge is 0.484 e. The van der Waals surface area contributed by atoms with Crippen molar-refractivity contribution in [1.82, 2.24) is 4.57 Å². The zero-order valence-electron chi connectivity index (χ0n) is 14.6. The molecule has 2 aromatic heterocycles. The van der Waals surface area contributed by atoms with Crippen LogP contribution in [0.4, 0.5) is 15.8 Å². The summed E-state index contributed by atoms with van der Waals surface area (Å²) in [5, 5.41) is 21.0. The van der Waals surface area contributed by atoms with E-state index >= 15 is 0 Å². The zero-order chi connectivity index (χ0) is 20.4. The molecule has 0 saturated heterocycles. The van der Waals surface area contributed by atoms with Crippen molar-refractivity contribution in [2.24, 2.45) is 7.05 Å². The molecule has 0 amide bonds. The quantitative estimate of drug-likeness (QED) is 0.440. The lowest BCUT2D eigenvalue weighted by Gasteiger charge is -2.13. The molecular weight excluding hydrogens is 486 g/mol. The molecule has 28 heavy (non-hydrogen) atoms. The number of hydrogen-bond acceptors (Lipinski definition) is 7. The zero-order valence-corrected chi connectivity index (χ0v) is 16.8. The van der Waals surface area contributed by atoms with Crippen LogP contribution in [0.25, 0.3) is 11.1 Å². The number of ether oxygens (including phenoxy) is 1. The Morgan fingerprint density at radius 2 is 2.07 bits per heavy atom. The summed E-state index contributed by atoms with van der Waals surface area (Å²) in [7, 11) is 1.43. The van der Waals surface area contributed by atoms with Crippen LogP contribution in [0.5, 0.6) is 5.75 Å². The third-order valence-corrected chi connectivity index (χ3v) is 4.63. The molecule has 1 atom stereocenters. The third-order valence-electron chi connectivity index (χ3n) is 3.96. The minimum Gasteiger partial charge on any atom is -0.484 e. The van der Waals surface area contributed by atoms with Gasteiger partial charge in [-0.05, 0) is 40.8 Å². The van der Waals surface area contributed by atoms with E-state index in [1.807, 2.05) is 22.6 Å². The molecule has 8 nitrogen and oxygen atoms in total. The third kappa shape index (κ3) is 4.03. The number of hydrogen-bond donors (Lipinski definition) is 3. The lowest BCUT2D eigenvalue weighted by molar-refractivity contribution is 0.0527. The van der Waals surface area contributed by atoms with Crippen molar-refractivity contribution in [1.29, 1.82) is 0 Å². The maximum atomic E-state index is 14.2. The molecule has 3 aromatic rings. The second-order valence-electron chi connectivity index (χ2n) is 5.96. The number of nitrogens with zero attached hydrogens (tertiary/aromatic N) is 1. The van der Waals surface area contributed by atoms with Gasteiger partial charge in [-0.15, -0.1) is 0 Å². The Hall–Kier alpha value is -2.44. The van der Waals surface area contributed by atoms with E-state index in [0.717, 1.165) is 16.9 Å². The molecule has 1 aromatic carbocycles. The number of rotatable bonds is 6. The highest BCUT2D eigenvalue weighted by atomic mass is 127. The van der Waals surface area contributed by atoms with E-state index in [-0.39, 0.29) is 34.8 Å². The summed E-state index contributed by atoms with van der Waals surface area (Å²) in [6.45, 7) is -0.862. The van der Waals surface area contributed by atoms with E-state index < -0.39 is 29.5 Å². The summed E-state index contributed by atoms with van der Waals surface area (Å²) in [6, 6.07) is 5.62. The topological polar surface area (TPSA) is 114 Å². The van der Waals surface area contributed by atoms with E-state index in [9.17, 15) is 19.1 Å². The van der Waals surface area contributed by atoms with Crippen molar-refractivity contribution < 1.29 is 23.8 Å². The van der Waals surface area contributed by atoms with E-state index in [4.69, 9.17) is 14.3 Å². The van der Waals surface area contributed by atoms with Gasteiger partial charge in [0, 0.05) is 16.7 Å². The molecule has 0 aliphatic heterocycles. The monoisotopic (exact) mass is 502 g/mol. The molecule has 1 unspecified atom stereocenters. The molecule has 2 heterocycles. The summed E-state index contributed by atoms with van der Waals surface area (Å²) < 4.78 is 26.6. The van der Waals surface area contributed by atoms with Crippen LogP contribution in [0, 0.1) is 9.39 Å². The van der Waals surface area contributed by atoms with Crippen molar-refractivity contribution in [2.75, 3.05) is 18.5 Å². The first kappa shape index (κ1) is 20.3. The smallest absolute Gasteiger partial charge is 0.255 e. The number of nitrogens with one attached hydrogen (secondary N) is 1. The van der Waals surface area contributed by atoms with Gasteiger partial charge in [0.15, 0.2) is 0 Å². The van der Waals surface area contributed by atoms with E-state index in [2.05, 4.69) is 5.32 Å². The van der Waals surface area contributed by atoms with Crippen LogP contribution in [0.3, 0.4) is 0 Å². The van der Waals surface area contributed by atoms with E-state index in [1.54, 1.807) is 6.07 Å². The lowest BCUT2D eigenvalue weighted by atomic mass is 10.2. The van der Waals surface area contributed by atoms with Gasteiger partial charge in [0.2, 0.25) is 16.9 Å². The second kappa shape index (κ2) is 8.29. The van der Waals surface area contributed by atoms with Gasteiger partial charge in [-0.3, -0.25) is 14.2 Å². The molecule has 0 radical (unpaired) electrons. The molecule has 148 valence electrons. The lowest BCUT2D eigenvalue weighted by Crippen LogP contribution is -2.24. The first-order valence-corrected chi connectivity index (χ1v) is 9.19. The van der Waals surface area contributed by atoms with Crippen LogP contribution in [-0.2, 0) is 7.05 Å². The summed E-state index contributed by atoms with van der Waals surface area (Å²) in [6.07, 6.45) is -0.155. The van der Waals surface area contributed by atoms with E-state index in [1.165, 1.54) is 19.2 Å². The summed E-state index contributed by atoms with van der Waals surface area (Å²) in [5.74, 6) is -0.770. The minimum atomic E-state index is -1.17. The maximum absolute atomic E-state index is 14.2. The standard InChI is InChI=1S/C18H16FIN2O6/c1-22-15(25)5-13(21-12-3-2-9(20)4-11(12)19)16-17(26)14(8-28-18(16)22)27-7-10(24)6-23/h2-5,8,10,21,23-24H,6-7H2,1H3. The van der Waals surface area contributed by atoms with Gasteiger partial charge in [-0.1, -0.05) is 0 Å². The Bertz CT molecular complexity index is 1140. The predicted molar refractivity (Wildman–Crippen MR) is 109 cm³/mol. The number of benzene rings is 1. The first-order valence-electron chi connectivity index (χ1n) is 8.11. The average molecular weight is 502 g/mol. The molecule has 3 rings (SSSR count). The Balaban J connectivity index is 2.14.